The second-order valence-corrected chi connectivity index (χ2v) is 3.26. The topological polar surface area (TPSA) is 22.1 Å². The molecule has 1 unspecified atom stereocenters. The minimum Gasteiger partial charge on any atom is -0.474 e. The molecule has 0 aliphatic heterocycles. The highest BCUT2D eigenvalue weighted by atomic mass is 79.9. The number of aromatic nitrogens is 1. The number of ether oxygens (including phenoxy) is 1. The Labute approximate surface area is 81.1 Å². The minimum absolute atomic E-state index is 0.0215. The van der Waals surface area contributed by atoms with E-state index in [1.165, 1.54) is 0 Å². The first kappa shape index (κ1) is 9.52. The summed E-state index contributed by atoms with van der Waals surface area (Å²) >= 11 is 3.26. The maximum absolute atomic E-state index is 5.39. The third kappa shape index (κ3) is 2.81. The van der Waals surface area contributed by atoms with Crippen molar-refractivity contribution >= 4 is 15.9 Å². The first-order valence-corrected chi connectivity index (χ1v) is 4.64. The predicted molar refractivity (Wildman–Crippen MR) is 52.0 cm³/mol. The Balaban J connectivity index is 2.63. The molecule has 65 valence electrons. The first-order chi connectivity index (χ1) is 5.72. The van der Waals surface area contributed by atoms with Crippen molar-refractivity contribution < 1.29 is 4.74 Å². The van der Waals surface area contributed by atoms with E-state index in [9.17, 15) is 0 Å². The van der Waals surface area contributed by atoms with Crippen LogP contribution < -0.4 is 4.74 Å². The third-order valence-electron chi connectivity index (χ3n) is 1.43. The van der Waals surface area contributed by atoms with E-state index in [-0.39, 0.29) is 6.10 Å². The van der Waals surface area contributed by atoms with Gasteiger partial charge in [-0.05, 0) is 35.3 Å². The van der Waals surface area contributed by atoms with Gasteiger partial charge in [0.15, 0.2) is 0 Å². The van der Waals surface area contributed by atoms with Crippen molar-refractivity contribution in [2.75, 3.05) is 0 Å². The van der Waals surface area contributed by atoms with Gasteiger partial charge < -0.3 is 4.74 Å². The first-order valence-electron chi connectivity index (χ1n) is 3.84. The highest BCUT2D eigenvalue weighted by Crippen LogP contribution is 2.13. The highest BCUT2D eigenvalue weighted by molar-refractivity contribution is 9.10. The van der Waals surface area contributed by atoms with E-state index < -0.39 is 0 Å². The number of pyridine rings is 1. The summed E-state index contributed by atoms with van der Waals surface area (Å²) in [6, 6.07) is 5.56. The van der Waals surface area contributed by atoms with Crippen molar-refractivity contribution in [3.63, 3.8) is 0 Å². The molecule has 0 N–H and O–H groups in total. The Morgan fingerprint density at radius 3 is 3.00 bits per heavy atom. The summed E-state index contributed by atoms with van der Waals surface area (Å²) < 4.78 is 6.17. The molecule has 0 aromatic carbocycles. The lowest BCUT2D eigenvalue weighted by Gasteiger charge is -2.10. The zero-order valence-electron chi connectivity index (χ0n) is 6.96. The van der Waals surface area contributed by atoms with E-state index in [1.807, 2.05) is 25.1 Å². The van der Waals surface area contributed by atoms with Crippen LogP contribution in [0.25, 0.3) is 0 Å². The summed E-state index contributed by atoms with van der Waals surface area (Å²) in [6.07, 6.45) is 0.862. The monoisotopic (exact) mass is 228 g/mol. The van der Waals surface area contributed by atoms with Gasteiger partial charge in [-0.25, -0.2) is 4.98 Å². The highest BCUT2D eigenvalue weighted by Gasteiger charge is 2.01. The van der Waals surface area contributed by atoms with Gasteiger partial charge in [-0.15, -0.1) is 0 Å². The van der Waals surface area contributed by atoms with Gasteiger partial charge in [0.05, 0.1) is 0 Å². The lowest BCUT2D eigenvalue weighted by Crippen LogP contribution is -2.10. The zero-order valence-corrected chi connectivity index (χ0v) is 8.54. The SMILES string of the molecule is [CH2]C(CC)Oc1cccc(Br)n1. The summed E-state index contributed by atoms with van der Waals surface area (Å²) in [5, 5.41) is 0. The van der Waals surface area contributed by atoms with Crippen LogP contribution in [0, 0.1) is 6.92 Å². The maximum atomic E-state index is 5.39. The van der Waals surface area contributed by atoms with Crippen LogP contribution in [0.3, 0.4) is 0 Å². The normalized spacial score (nSPS) is 12.6. The van der Waals surface area contributed by atoms with Gasteiger partial charge in [0.2, 0.25) is 5.88 Å². The fraction of sp³-hybridized carbons (Fsp3) is 0.333. The molecule has 1 atom stereocenters. The third-order valence-corrected chi connectivity index (χ3v) is 1.87. The van der Waals surface area contributed by atoms with Gasteiger partial charge in [0.1, 0.15) is 10.7 Å². The molecule has 0 spiro atoms. The van der Waals surface area contributed by atoms with E-state index in [0.717, 1.165) is 11.0 Å². The van der Waals surface area contributed by atoms with Gasteiger partial charge in [-0.1, -0.05) is 13.0 Å². The van der Waals surface area contributed by atoms with Gasteiger partial charge in [0.25, 0.3) is 0 Å². The molecule has 0 aliphatic carbocycles. The van der Waals surface area contributed by atoms with Crippen molar-refractivity contribution in [3.8, 4) is 5.88 Å². The van der Waals surface area contributed by atoms with Crippen LogP contribution in [0.15, 0.2) is 22.8 Å². The predicted octanol–water partition coefficient (Wildman–Crippen LogP) is 2.84. The van der Waals surface area contributed by atoms with E-state index in [2.05, 4.69) is 27.8 Å². The smallest absolute Gasteiger partial charge is 0.214 e. The molecule has 2 nitrogen and oxygen atoms in total. The van der Waals surface area contributed by atoms with Gasteiger partial charge in [-0.3, -0.25) is 0 Å². The lowest BCUT2D eigenvalue weighted by atomic mass is 10.3. The molecule has 1 aromatic heterocycles. The average Bonchev–Trinajstić information content (AvgIpc) is 2.04. The summed E-state index contributed by atoms with van der Waals surface area (Å²) in [4.78, 5) is 4.12. The van der Waals surface area contributed by atoms with Crippen molar-refractivity contribution in [1.82, 2.24) is 4.98 Å². The van der Waals surface area contributed by atoms with Crippen LogP contribution in [-0.2, 0) is 0 Å². The van der Waals surface area contributed by atoms with E-state index in [0.29, 0.717) is 5.88 Å². The second-order valence-electron chi connectivity index (χ2n) is 2.45. The Kier molecular flexibility index (Phi) is 3.53. The number of hydrogen-bond donors (Lipinski definition) is 0. The van der Waals surface area contributed by atoms with Crippen molar-refractivity contribution in [1.29, 1.82) is 0 Å². The van der Waals surface area contributed by atoms with Gasteiger partial charge >= 0.3 is 0 Å². The molecule has 0 saturated carbocycles. The largest absolute Gasteiger partial charge is 0.474 e. The number of hydrogen-bond acceptors (Lipinski definition) is 2. The average molecular weight is 229 g/mol. The van der Waals surface area contributed by atoms with E-state index >= 15 is 0 Å². The van der Waals surface area contributed by atoms with Crippen molar-refractivity contribution in [2.24, 2.45) is 0 Å². The standard InChI is InChI=1S/C9H11BrNO/c1-3-7(2)12-9-6-4-5-8(10)11-9/h4-7H,2-3H2,1H3. The molecule has 1 rings (SSSR count). The van der Waals surface area contributed by atoms with Crippen LogP contribution >= 0.6 is 15.9 Å². The van der Waals surface area contributed by atoms with Crippen LogP contribution in [-0.4, -0.2) is 11.1 Å². The minimum atomic E-state index is -0.0215. The Morgan fingerprint density at radius 2 is 2.42 bits per heavy atom. The lowest BCUT2D eigenvalue weighted by molar-refractivity contribution is 0.232. The van der Waals surface area contributed by atoms with Gasteiger partial charge in [-0.2, -0.15) is 0 Å². The molecule has 0 amide bonds. The fourth-order valence-electron chi connectivity index (χ4n) is 0.709. The molecule has 0 saturated heterocycles. The van der Waals surface area contributed by atoms with Crippen molar-refractivity contribution in [2.45, 2.75) is 19.4 Å². The number of halogens is 1. The van der Waals surface area contributed by atoms with Crippen LogP contribution in [0.4, 0.5) is 0 Å². The van der Waals surface area contributed by atoms with Gasteiger partial charge in [0, 0.05) is 6.07 Å². The Morgan fingerprint density at radius 1 is 1.67 bits per heavy atom. The van der Waals surface area contributed by atoms with Crippen LogP contribution in [0.5, 0.6) is 5.88 Å². The molecule has 0 fully saturated rings. The molecule has 3 heteroatoms. The summed E-state index contributed by atoms with van der Waals surface area (Å²) in [5.74, 6) is 0.617. The molecular formula is C9H11BrNO. The zero-order chi connectivity index (χ0) is 8.97. The molecule has 0 aliphatic rings. The van der Waals surface area contributed by atoms with E-state index in [1.54, 1.807) is 0 Å². The quantitative estimate of drug-likeness (QED) is 0.743. The number of nitrogens with zero attached hydrogens (tertiary/aromatic N) is 1. The number of rotatable bonds is 3. The summed E-state index contributed by atoms with van der Waals surface area (Å²) in [5.41, 5.74) is 0. The van der Waals surface area contributed by atoms with Crippen molar-refractivity contribution in [3.05, 3.63) is 29.7 Å². The molecule has 0 bridgehead atoms. The molecule has 1 heterocycles. The molecule has 12 heavy (non-hydrogen) atoms. The van der Waals surface area contributed by atoms with Crippen LogP contribution in [0.1, 0.15) is 13.3 Å². The summed E-state index contributed by atoms with van der Waals surface area (Å²) in [7, 11) is 0. The fourth-order valence-corrected chi connectivity index (χ4v) is 1.04. The Bertz CT molecular complexity index is 252. The van der Waals surface area contributed by atoms with Crippen LogP contribution in [0.2, 0.25) is 0 Å². The molecule has 1 radical (unpaired) electrons. The molecule has 1 aromatic rings. The van der Waals surface area contributed by atoms with E-state index in [4.69, 9.17) is 4.74 Å². The summed E-state index contributed by atoms with van der Waals surface area (Å²) in [6.45, 7) is 5.83. The Hall–Kier alpha value is -0.570. The molecular weight excluding hydrogens is 218 g/mol. The maximum Gasteiger partial charge on any atom is 0.214 e. The second kappa shape index (κ2) is 4.45.